The van der Waals surface area contributed by atoms with E-state index in [0.29, 0.717) is 31.9 Å². The van der Waals surface area contributed by atoms with E-state index in [1.807, 2.05) is 11.8 Å². The van der Waals surface area contributed by atoms with Gasteiger partial charge < -0.3 is 9.64 Å². The molecule has 0 N–H and O–H groups in total. The highest BCUT2D eigenvalue weighted by molar-refractivity contribution is 7.89. The first-order valence-electron chi connectivity index (χ1n) is 8.49. The molecule has 2 aliphatic heterocycles. The largest absolute Gasteiger partial charge is 0.379 e. The molecule has 0 saturated carbocycles. The molecule has 6 nitrogen and oxygen atoms in total. The Morgan fingerprint density at radius 1 is 1.17 bits per heavy atom. The van der Waals surface area contributed by atoms with Crippen LogP contribution in [0.5, 0.6) is 0 Å². The van der Waals surface area contributed by atoms with Crippen molar-refractivity contribution in [3.63, 3.8) is 0 Å². The van der Waals surface area contributed by atoms with Crippen LogP contribution in [0.2, 0.25) is 0 Å². The SMILES string of the molecule is C[C@@H]1CCCCN1C(=O)c1cccc(S(=O)(=O)N2CCOCC2)c1. The van der Waals surface area contributed by atoms with Gasteiger partial charge in [-0.1, -0.05) is 6.07 Å². The van der Waals surface area contributed by atoms with E-state index in [2.05, 4.69) is 0 Å². The average molecular weight is 352 g/mol. The Kier molecular flexibility index (Phi) is 5.22. The molecule has 0 radical (unpaired) electrons. The molecular formula is C17H24N2O4S. The van der Waals surface area contributed by atoms with Crippen LogP contribution in [0.15, 0.2) is 29.2 Å². The Labute approximate surface area is 143 Å². The van der Waals surface area contributed by atoms with Gasteiger partial charge in [0.1, 0.15) is 0 Å². The predicted molar refractivity (Wildman–Crippen MR) is 90.4 cm³/mol. The summed E-state index contributed by atoms with van der Waals surface area (Å²) < 4.78 is 32.1. The number of amides is 1. The highest BCUT2D eigenvalue weighted by Gasteiger charge is 2.28. The number of likely N-dealkylation sites (tertiary alicyclic amines) is 1. The van der Waals surface area contributed by atoms with Crippen LogP contribution in [-0.2, 0) is 14.8 Å². The van der Waals surface area contributed by atoms with Crippen molar-refractivity contribution in [2.24, 2.45) is 0 Å². The number of carbonyl (C=O) groups is 1. The summed E-state index contributed by atoms with van der Waals surface area (Å²) in [7, 11) is -3.58. The number of carbonyl (C=O) groups excluding carboxylic acids is 1. The molecule has 2 heterocycles. The third-order valence-corrected chi connectivity index (χ3v) is 6.65. The summed E-state index contributed by atoms with van der Waals surface area (Å²) in [6.45, 7) is 4.30. The molecule has 0 unspecified atom stereocenters. The van der Waals surface area contributed by atoms with E-state index in [9.17, 15) is 13.2 Å². The Morgan fingerprint density at radius 3 is 2.62 bits per heavy atom. The van der Waals surface area contributed by atoms with E-state index in [-0.39, 0.29) is 16.8 Å². The van der Waals surface area contributed by atoms with Gasteiger partial charge in [0.15, 0.2) is 0 Å². The minimum absolute atomic E-state index is 0.0822. The van der Waals surface area contributed by atoms with Crippen LogP contribution in [0.4, 0.5) is 0 Å². The summed E-state index contributed by atoms with van der Waals surface area (Å²) >= 11 is 0. The van der Waals surface area contributed by atoms with E-state index in [1.165, 1.54) is 10.4 Å². The van der Waals surface area contributed by atoms with Crippen LogP contribution in [0, 0.1) is 0 Å². The van der Waals surface area contributed by atoms with E-state index >= 15 is 0 Å². The normalized spacial score (nSPS) is 23.2. The zero-order valence-corrected chi connectivity index (χ0v) is 14.8. The van der Waals surface area contributed by atoms with Crippen molar-refractivity contribution in [1.29, 1.82) is 0 Å². The van der Waals surface area contributed by atoms with Gasteiger partial charge >= 0.3 is 0 Å². The Hall–Kier alpha value is -1.44. The molecule has 2 saturated heterocycles. The maximum atomic E-state index is 12.8. The molecule has 1 aromatic rings. The summed E-state index contributed by atoms with van der Waals surface area (Å²) in [5.74, 6) is -0.0822. The van der Waals surface area contributed by atoms with E-state index in [0.717, 1.165) is 25.8 Å². The summed E-state index contributed by atoms with van der Waals surface area (Å²) in [4.78, 5) is 14.8. The number of piperidine rings is 1. The molecule has 1 atom stereocenters. The number of hydrogen-bond acceptors (Lipinski definition) is 4. The number of ether oxygens (including phenoxy) is 1. The maximum Gasteiger partial charge on any atom is 0.254 e. The van der Waals surface area contributed by atoms with Crippen LogP contribution in [-0.4, -0.2) is 62.4 Å². The van der Waals surface area contributed by atoms with Gasteiger partial charge in [-0.05, 0) is 44.4 Å². The molecule has 1 amide bonds. The minimum atomic E-state index is -3.58. The van der Waals surface area contributed by atoms with Crippen molar-refractivity contribution in [3.8, 4) is 0 Å². The number of rotatable bonds is 3. The molecule has 0 aliphatic carbocycles. The lowest BCUT2D eigenvalue weighted by Crippen LogP contribution is -2.42. The first-order valence-corrected chi connectivity index (χ1v) is 9.93. The molecule has 7 heteroatoms. The molecule has 2 fully saturated rings. The first-order chi connectivity index (χ1) is 11.5. The van der Waals surface area contributed by atoms with Gasteiger partial charge in [0.25, 0.3) is 5.91 Å². The molecule has 24 heavy (non-hydrogen) atoms. The fourth-order valence-corrected chi connectivity index (χ4v) is 4.75. The fraction of sp³-hybridized carbons (Fsp3) is 0.588. The Morgan fingerprint density at radius 2 is 1.92 bits per heavy atom. The number of nitrogens with zero attached hydrogens (tertiary/aromatic N) is 2. The summed E-state index contributed by atoms with van der Waals surface area (Å²) in [5, 5.41) is 0. The monoisotopic (exact) mass is 352 g/mol. The number of hydrogen-bond donors (Lipinski definition) is 0. The second-order valence-electron chi connectivity index (χ2n) is 6.39. The van der Waals surface area contributed by atoms with Crippen molar-refractivity contribution in [3.05, 3.63) is 29.8 Å². The quantitative estimate of drug-likeness (QED) is 0.831. The second-order valence-corrected chi connectivity index (χ2v) is 8.33. The average Bonchev–Trinajstić information content (AvgIpc) is 2.62. The third-order valence-electron chi connectivity index (χ3n) is 4.75. The highest BCUT2D eigenvalue weighted by Crippen LogP contribution is 2.22. The van der Waals surface area contributed by atoms with Crippen LogP contribution in [0.3, 0.4) is 0 Å². The van der Waals surface area contributed by atoms with Crippen LogP contribution in [0.1, 0.15) is 36.5 Å². The smallest absolute Gasteiger partial charge is 0.254 e. The van der Waals surface area contributed by atoms with Crippen molar-refractivity contribution in [1.82, 2.24) is 9.21 Å². The van der Waals surface area contributed by atoms with E-state index < -0.39 is 10.0 Å². The molecule has 3 rings (SSSR count). The molecule has 0 bridgehead atoms. The topological polar surface area (TPSA) is 66.9 Å². The third kappa shape index (κ3) is 3.48. The molecular weight excluding hydrogens is 328 g/mol. The van der Waals surface area contributed by atoms with Crippen LogP contribution < -0.4 is 0 Å². The predicted octanol–water partition coefficient (Wildman–Crippen LogP) is 1.72. The fourth-order valence-electron chi connectivity index (χ4n) is 3.29. The zero-order chi connectivity index (χ0) is 17.2. The van der Waals surface area contributed by atoms with Gasteiger partial charge in [-0.2, -0.15) is 4.31 Å². The second kappa shape index (κ2) is 7.21. The van der Waals surface area contributed by atoms with Gasteiger partial charge in [0.05, 0.1) is 18.1 Å². The van der Waals surface area contributed by atoms with Crippen molar-refractivity contribution in [2.45, 2.75) is 37.1 Å². The van der Waals surface area contributed by atoms with E-state index in [1.54, 1.807) is 18.2 Å². The first kappa shape index (κ1) is 17.4. The maximum absolute atomic E-state index is 12.8. The number of sulfonamides is 1. The lowest BCUT2D eigenvalue weighted by atomic mass is 10.0. The van der Waals surface area contributed by atoms with Crippen molar-refractivity contribution in [2.75, 3.05) is 32.8 Å². The summed E-state index contributed by atoms with van der Waals surface area (Å²) in [6, 6.07) is 6.61. The zero-order valence-electron chi connectivity index (χ0n) is 14.0. The van der Waals surface area contributed by atoms with Gasteiger partial charge in [-0.25, -0.2) is 8.42 Å². The standard InChI is InChI=1S/C17H24N2O4S/c1-14-5-2-3-8-19(14)17(20)15-6-4-7-16(13-15)24(21,22)18-9-11-23-12-10-18/h4,6-7,13-14H,2-3,5,8-12H2,1H3/t14-/m1/s1. The van der Waals surface area contributed by atoms with Gasteiger partial charge in [-0.15, -0.1) is 0 Å². The summed E-state index contributed by atoms with van der Waals surface area (Å²) in [5.41, 5.74) is 0.443. The van der Waals surface area contributed by atoms with Crippen LogP contribution in [0.25, 0.3) is 0 Å². The lowest BCUT2D eigenvalue weighted by molar-refractivity contribution is 0.0635. The molecule has 2 aliphatic rings. The van der Waals surface area contributed by atoms with E-state index in [4.69, 9.17) is 4.74 Å². The van der Waals surface area contributed by atoms with Gasteiger partial charge in [0, 0.05) is 31.2 Å². The molecule has 1 aromatic carbocycles. The molecule has 132 valence electrons. The van der Waals surface area contributed by atoms with Gasteiger partial charge in [0.2, 0.25) is 10.0 Å². The minimum Gasteiger partial charge on any atom is -0.379 e. The van der Waals surface area contributed by atoms with Gasteiger partial charge in [-0.3, -0.25) is 4.79 Å². The Bertz CT molecular complexity index is 698. The van der Waals surface area contributed by atoms with Crippen molar-refractivity contribution < 1.29 is 17.9 Å². The Balaban J connectivity index is 1.84. The summed E-state index contributed by atoms with van der Waals surface area (Å²) in [6.07, 6.45) is 3.13. The van der Waals surface area contributed by atoms with Crippen molar-refractivity contribution >= 4 is 15.9 Å². The molecule has 0 spiro atoms. The highest BCUT2D eigenvalue weighted by atomic mass is 32.2. The number of benzene rings is 1. The molecule has 0 aromatic heterocycles. The number of morpholine rings is 1. The lowest BCUT2D eigenvalue weighted by Gasteiger charge is -2.33. The van der Waals surface area contributed by atoms with Crippen LogP contribution >= 0.6 is 0 Å².